The van der Waals surface area contributed by atoms with E-state index < -0.39 is 23.9 Å². The number of benzene rings is 2. The van der Waals surface area contributed by atoms with Gasteiger partial charge in [0.05, 0.1) is 25.7 Å². The van der Waals surface area contributed by atoms with Gasteiger partial charge >= 0.3 is 11.9 Å². The van der Waals surface area contributed by atoms with Crippen LogP contribution in [0.5, 0.6) is 11.5 Å². The van der Waals surface area contributed by atoms with Crippen LogP contribution >= 0.6 is 0 Å². The Balaban J connectivity index is 1.16. The molecule has 60 heavy (non-hydrogen) atoms. The molecule has 2 atom stereocenters. The molecule has 0 bridgehead atoms. The van der Waals surface area contributed by atoms with Crippen LogP contribution in [0.1, 0.15) is 44.2 Å². The molecule has 20 nitrogen and oxygen atoms in total. The monoisotopic (exact) mass is 820 g/mol. The number of likely N-dealkylation sites (N-methyl/N-ethyl adjacent to an activating group) is 1. The maximum absolute atomic E-state index is 13.4. The van der Waals surface area contributed by atoms with Gasteiger partial charge in [-0.3, -0.25) is 29.0 Å². The summed E-state index contributed by atoms with van der Waals surface area (Å²) in [5.74, 6) is -0.697. The Labute approximate surface area is 346 Å². The summed E-state index contributed by atoms with van der Waals surface area (Å²) < 4.78 is 11.6. The van der Waals surface area contributed by atoms with Gasteiger partial charge in [0.15, 0.2) is 23.1 Å². The van der Waals surface area contributed by atoms with Gasteiger partial charge in [-0.25, -0.2) is 9.97 Å². The lowest BCUT2D eigenvalue weighted by Gasteiger charge is -2.24. The van der Waals surface area contributed by atoms with Gasteiger partial charge in [0.25, 0.3) is 0 Å². The van der Waals surface area contributed by atoms with Crippen molar-refractivity contribution in [1.82, 2.24) is 25.1 Å². The van der Waals surface area contributed by atoms with Crippen LogP contribution in [0.4, 0.5) is 46.0 Å². The standard InChI is InChI=1S/C40H48N14O6/c1-24(41)40(58)48-34-16-13-28(39(43)47-34)51-52-29-20-25(11-14-32(29)60-36(56)22-53-17-5-6-18-53)30-9-7-19-54(30)23-37(57)59-31-10-4-3-8-26(31)49-50-27-12-15-33(46-38(27)42)45-35(55)21-44-2/h3-4,8,10-16,20,24,30,44H,5-7,9,17-19,21-23,41H2,1-2H3,(H3,42,45,46,55)(H3,43,47,48,58)/b50-49+,52-51+/t24-,30?/m0/s1. The number of esters is 2. The van der Waals surface area contributed by atoms with Gasteiger partial charge < -0.3 is 42.6 Å². The zero-order valence-electron chi connectivity index (χ0n) is 33.3. The van der Waals surface area contributed by atoms with Gasteiger partial charge in [0, 0.05) is 6.04 Å². The molecule has 20 heteroatoms. The summed E-state index contributed by atoms with van der Waals surface area (Å²) in [6, 6.07) is 17.3. The molecular weight excluding hydrogens is 773 g/mol. The Morgan fingerprint density at radius 1 is 0.750 bits per heavy atom. The number of nitrogens with two attached hydrogens (primary N) is 3. The van der Waals surface area contributed by atoms with Crippen molar-refractivity contribution in [2.75, 3.05) is 68.4 Å². The number of carbonyl (C=O) groups excluding carboxylic acids is 4. The van der Waals surface area contributed by atoms with Gasteiger partial charge in [-0.1, -0.05) is 18.2 Å². The highest BCUT2D eigenvalue weighted by molar-refractivity contribution is 5.94. The number of ether oxygens (including phenoxy) is 2. The average Bonchev–Trinajstić information content (AvgIpc) is 3.90. The molecule has 314 valence electrons. The number of likely N-dealkylation sites (tertiary alicyclic amines) is 2. The summed E-state index contributed by atoms with van der Waals surface area (Å²) in [6.07, 6.45) is 3.60. The summed E-state index contributed by atoms with van der Waals surface area (Å²) in [5.41, 5.74) is 19.7. The zero-order chi connectivity index (χ0) is 42.6. The second-order valence-corrected chi connectivity index (χ2v) is 14.2. The molecule has 2 saturated heterocycles. The largest absolute Gasteiger partial charge is 0.423 e. The van der Waals surface area contributed by atoms with E-state index in [1.807, 2.05) is 15.9 Å². The topological polar surface area (TPSA) is 283 Å². The molecule has 0 aliphatic carbocycles. The van der Waals surface area contributed by atoms with Gasteiger partial charge in [0.1, 0.15) is 34.4 Å². The summed E-state index contributed by atoms with van der Waals surface area (Å²) in [6.45, 7) is 4.04. The minimum atomic E-state index is -0.742. The highest BCUT2D eigenvalue weighted by Gasteiger charge is 2.30. The number of amides is 2. The molecular formula is C40H48N14O6. The number of nitrogens with zero attached hydrogens (tertiary/aromatic N) is 8. The molecule has 4 heterocycles. The van der Waals surface area contributed by atoms with Crippen molar-refractivity contribution in [1.29, 1.82) is 0 Å². The van der Waals surface area contributed by atoms with Crippen molar-refractivity contribution in [2.45, 2.75) is 44.7 Å². The number of aromatic nitrogens is 2. The lowest BCUT2D eigenvalue weighted by Crippen LogP contribution is -2.32. The summed E-state index contributed by atoms with van der Waals surface area (Å²) in [7, 11) is 1.66. The maximum atomic E-state index is 13.4. The summed E-state index contributed by atoms with van der Waals surface area (Å²) in [5, 5.41) is 25.2. The first kappa shape index (κ1) is 42.9. The van der Waals surface area contributed by atoms with Crippen LogP contribution in [0.15, 0.2) is 87.2 Å². The van der Waals surface area contributed by atoms with E-state index in [2.05, 4.69) is 46.4 Å². The molecule has 2 aromatic carbocycles. The first-order chi connectivity index (χ1) is 28.9. The van der Waals surface area contributed by atoms with Crippen molar-refractivity contribution in [2.24, 2.45) is 26.2 Å². The van der Waals surface area contributed by atoms with Crippen LogP contribution in [-0.2, 0) is 19.2 Å². The first-order valence-electron chi connectivity index (χ1n) is 19.4. The molecule has 2 aliphatic rings. The fourth-order valence-corrected chi connectivity index (χ4v) is 6.57. The molecule has 6 rings (SSSR count). The predicted molar refractivity (Wildman–Crippen MR) is 224 cm³/mol. The van der Waals surface area contributed by atoms with Crippen molar-refractivity contribution >= 4 is 69.8 Å². The first-order valence-corrected chi connectivity index (χ1v) is 19.4. The number of hydrogen-bond acceptors (Lipinski definition) is 18. The zero-order valence-corrected chi connectivity index (χ0v) is 33.3. The molecule has 1 unspecified atom stereocenters. The molecule has 2 aliphatic heterocycles. The Bertz CT molecular complexity index is 2260. The number of hydrogen-bond donors (Lipinski definition) is 6. The van der Waals surface area contributed by atoms with E-state index in [1.54, 1.807) is 68.6 Å². The highest BCUT2D eigenvalue weighted by atomic mass is 16.5. The molecule has 0 radical (unpaired) electrons. The van der Waals surface area contributed by atoms with Crippen molar-refractivity contribution in [3.05, 3.63) is 72.3 Å². The Morgan fingerprint density at radius 3 is 2.00 bits per heavy atom. The van der Waals surface area contributed by atoms with Gasteiger partial charge in [-0.2, -0.15) is 0 Å². The second kappa shape index (κ2) is 20.3. The van der Waals surface area contributed by atoms with E-state index in [1.165, 1.54) is 6.07 Å². The van der Waals surface area contributed by atoms with Crippen molar-refractivity contribution < 1.29 is 28.7 Å². The van der Waals surface area contributed by atoms with Crippen LogP contribution in [0.25, 0.3) is 0 Å². The van der Waals surface area contributed by atoms with Gasteiger partial charge in [-0.15, -0.1) is 20.5 Å². The van der Waals surface area contributed by atoms with Crippen LogP contribution in [0.2, 0.25) is 0 Å². The Kier molecular flexibility index (Phi) is 14.5. The van der Waals surface area contributed by atoms with E-state index in [4.69, 9.17) is 26.7 Å². The number of anilines is 4. The van der Waals surface area contributed by atoms with Crippen LogP contribution in [0, 0.1) is 0 Å². The molecule has 2 amide bonds. The third kappa shape index (κ3) is 11.7. The molecule has 4 aromatic rings. The quantitative estimate of drug-likeness (QED) is 0.0510. The number of carbonyl (C=O) groups is 4. The third-order valence-electron chi connectivity index (χ3n) is 9.53. The van der Waals surface area contributed by atoms with E-state index in [-0.39, 0.29) is 83.4 Å². The SMILES string of the molecule is CNCC(=O)Nc1ccc(/N=N/c2ccccc2OC(=O)CN2CCCC2c2ccc(OC(=O)CN3CCCC3)c(/N=N/c3ccc(NC(=O)[C@H](C)N)nc3N)c2)c(N)n1. The normalized spacial score (nSPS) is 16.3. The average molecular weight is 821 g/mol. The second-order valence-electron chi connectivity index (χ2n) is 14.2. The Hall–Kier alpha value is -6.74. The lowest BCUT2D eigenvalue weighted by molar-refractivity contribution is -0.136. The smallest absolute Gasteiger partial charge is 0.325 e. The number of para-hydroxylation sites is 1. The minimum Gasteiger partial charge on any atom is -0.423 e. The predicted octanol–water partition coefficient (Wildman–Crippen LogP) is 4.66. The van der Waals surface area contributed by atoms with Gasteiger partial charge in [0.2, 0.25) is 11.8 Å². The molecule has 0 saturated carbocycles. The fourth-order valence-electron chi connectivity index (χ4n) is 6.57. The van der Waals surface area contributed by atoms with Crippen molar-refractivity contribution in [3.8, 4) is 11.5 Å². The lowest BCUT2D eigenvalue weighted by atomic mass is 10.0. The van der Waals surface area contributed by atoms with E-state index >= 15 is 0 Å². The van der Waals surface area contributed by atoms with Crippen LogP contribution in [-0.4, -0.2) is 95.9 Å². The number of azo groups is 2. The van der Waals surface area contributed by atoms with E-state index in [0.29, 0.717) is 12.2 Å². The highest BCUT2D eigenvalue weighted by Crippen LogP contribution is 2.39. The Morgan fingerprint density at radius 2 is 1.35 bits per heavy atom. The number of pyridine rings is 2. The molecule has 2 aromatic heterocycles. The number of nitrogens with one attached hydrogen (secondary N) is 3. The number of rotatable bonds is 16. The summed E-state index contributed by atoms with van der Waals surface area (Å²) >= 11 is 0. The fraction of sp³-hybridized carbons (Fsp3) is 0.350. The van der Waals surface area contributed by atoms with E-state index in [9.17, 15) is 19.2 Å². The van der Waals surface area contributed by atoms with Crippen molar-refractivity contribution in [3.63, 3.8) is 0 Å². The number of nitrogen functional groups attached to an aromatic ring is 2. The van der Waals surface area contributed by atoms with Crippen LogP contribution < -0.4 is 42.6 Å². The minimum absolute atomic E-state index is 0.0101. The molecule has 2 fully saturated rings. The molecule has 9 N–H and O–H groups in total. The third-order valence-corrected chi connectivity index (χ3v) is 9.53. The van der Waals surface area contributed by atoms with E-state index in [0.717, 1.165) is 44.3 Å². The van der Waals surface area contributed by atoms with Gasteiger partial charge in [-0.05, 0) is 113 Å². The molecule has 0 spiro atoms. The summed E-state index contributed by atoms with van der Waals surface area (Å²) in [4.78, 5) is 62.8. The maximum Gasteiger partial charge on any atom is 0.325 e. The van der Waals surface area contributed by atoms with Crippen LogP contribution in [0.3, 0.4) is 0 Å².